The molecule has 1 saturated heterocycles. The molecule has 3 nitrogen and oxygen atoms in total. The Labute approximate surface area is 116 Å². The van der Waals surface area contributed by atoms with Crippen LogP contribution in [-0.4, -0.2) is 23.6 Å². The van der Waals surface area contributed by atoms with Crippen molar-refractivity contribution in [3.8, 4) is 0 Å². The number of aromatic nitrogens is 1. The van der Waals surface area contributed by atoms with Crippen molar-refractivity contribution in [1.29, 1.82) is 0 Å². The summed E-state index contributed by atoms with van der Waals surface area (Å²) in [7, 11) is 1.98. The molecule has 1 N–H and O–H groups in total. The molecule has 1 aromatic rings. The van der Waals surface area contributed by atoms with Crippen LogP contribution in [0.3, 0.4) is 0 Å². The number of nitrogens with zero attached hydrogens (tertiary/aromatic N) is 2. The van der Waals surface area contributed by atoms with E-state index in [1.807, 2.05) is 19.3 Å². The fourth-order valence-corrected chi connectivity index (χ4v) is 2.73. The van der Waals surface area contributed by atoms with E-state index in [4.69, 9.17) is 11.6 Å². The minimum Gasteiger partial charge on any atom is -0.258 e. The van der Waals surface area contributed by atoms with Crippen molar-refractivity contribution < 1.29 is 0 Å². The van der Waals surface area contributed by atoms with Gasteiger partial charge in [-0.3, -0.25) is 5.43 Å². The molecule has 0 amide bonds. The van der Waals surface area contributed by atoms with E-state index in [9.17, 15) is 0 Å². The van der Waals surface area contributed by atoms with Crippen LogP contribution in [0, 0.1) is 0 Å². The summed E-state index contributed by atoms with van der Waals surface area (Å²) in [6.07, 6.45) is 6.87. The van der Waals surface area contributed by atoms with Gasteiger partial charge in [0.1, 0.15) is 4.60 Å². The summed E-state index contributed by atoms with van der Waals surface area (Å²) in [6.45, 7) is 1.08. The first kappa shape index (κ1) is 13.3. The maximum absolute atomic E-state index is 6.12. The van der Waals surface area contributed by atoms with Gasteiger partial charge in [0.15, 0.2) is 0 Å². The standard InChI is InChI=1S/C12H17BrClN3/c1-15-17-6-4-2-3-5-11(17)9-7-10(14)12(13)16-8-9/h7-8,11,15H,2-6H2,1H3/t11-/m0/s1. The Morgan fingerprint density at radius 3 is 3.00 bits per heavy atom. The van der Waals surface area contributed by atoms with E-state index in [0.717, 1.165) is 13.0 Å². The molecule has 1 atom stereocenters. The maximum Gasteiger partial charge on any atom is 0.124 e. The topological polar surface area (TPSA) is 28.2 Å². The number of hydrazine groups is 1. The monoisotopic (exact) mass is 317 g/mol. The maximum atomic E-state index is 6.12. The molecule has 0 saturated carbocycles. The van der Waals surface area contributed by atoms with E-state index < -0.39 is 0 Å². The Bertz CT molecular complexity index is 386. The number of pyridine rings is 1. The molecule has 1 aliphatic rings. The summed E-state index contributed by atoms with van der Waals surface area (Å²) in [5.74, 6) is 0. The minimum atomic E-state index is 0.376. The molecule has 0 radical (unpaired) electrons. The van der Waals surface area contributed by atoms with Crippen molar-refractivity contribution in [2.45, 2.75) is 31.7 Å². The van der Waals surface area contributed by atoms with E-state index in [2.05, 4.69) is 31.3 Å². The zero-order chi connectivity index (χ0) is 12.3. The second kappa shape index (κ2) is 6.14. The summed E-state index contributed by atoms with van der Waals surface area (Å²) < 4.78 is 0.715. The lowest BCUT2D eigenvalue weighted by Gasteiger charge is -2.29. The zero-order valence-electron chi connectivity index (χ0n) is 9.92. The molecule has 94 valence electrons. The fourth-order valence-electron chi connectivity index (χ4n) is 2.34. The van der Waals surface area contributed by atoms with E-state index in [1.54, 1.807) is 0 Å². The lowest BCUT2D eigenvalue weighted by Crippen LogP contribution is -2.38. The third-order valence-corrected chi connectivity index (χ3v) is 4.39. The number of halogens is 2. The summed E-state index contributed by atoms with van der Waals surface area (Å²) in [4.78, 5) is 4.28. The van der Waals surface area contributed by atoms with Gasteiger partial charge in [-0.1, -0.05) is 24.4 Å². The van der Waals surface area contributed by atoms with Crippen LogP contribution in [0.5, 0.6) is 0 Å². The second-order valence-corrected chi connectivity index (χ2v) is 5.48. The highest BCUT2D eigenvalue weighted by Crippen LogP contribution is 2.31. The van der Waals surface area contributed by atoms with E-state index in [0.29, 0.717) is 15.7 Å². The highest BCUT2D eigenvalue weighted by atomic mass is 79.9. The van der Waals surface area contributed by atoms with Crippen molar-refractivity contribution in [3.63, 3.8) is 0 Å². The van der Waals surface area contributed by atoms with E-state index in [1.165, 1.54) is 24.8 Å². The van der Waals surface area contributed by atoms with Crippen molar-refractivity contribution in [3.05, 3.63) is 27.5 Å². The van der Waals surface area contributed by atoms with Crippen LogP contribution in [0.15, 0.2) is 16.9 Å². The summed E-state index contributed by atoms with van der Waals surface area (Å²) in [5.41, 5.74) is 4.47. The van der Waals surface area contributed by atoms with Gasteiger partial charge in [0.05, 0.1) is 11.1 Å². The summed E-state index contributed by atoms with van der Waals surface area (Å²) in [6, 6.07) is 2.39. The van der Waals surface area contributed by atoms with Crippen LogP contribution in [0.1, 0.15) is 37.3 Å². The smallest absolute Gasteiger partial charge is 0.124 e. The van der Waals surface area contributed by atoms with Crippen molar-refractivity contribution in [2.24, 2.45) is 0 Å². The molecule has 2 rings (SSSR count). The highest BCUT2D eigenvalue weighted by molar-refractivity contribution is 9.10. The molecule has 1 fully saturated rings. The zero-order valence-corrected chi connectivity index (χ0v) is 12.3. The predicted octanol–water partition coefficient (Wildman–Crippen LogP) is 3.55. The lowest BCUT2D eigenvalue weighted by atomic mass is 10.0. The van der Waals surface area contributed by atoms with Gasteiger partial charge in [0.2, 0.25) is 0 Å². The van der Waals surface area contributed by atoms with Crippen molar-refractivity contribution in [2.75, 3.05) is 13.6 Å². The van der Waals surface area contributed by atoms with E-state index >= 15 is 0 Å². The molecule has 2 heterocycles. The molecular weight excluding hydrogens is 302 g/mol. The molecule has 0 aromatic carbocycles. The number of hydrogen-bond acceptors (Lipinski definition) is 3. The fraction of sp³-hybridized carbons (Fsp3) is 0.583. The van der Waals surface area contributed by atoms with Crippen LogP contribution < -0.4 is 5.43 Å². The van der Waals surface area contributed by atoms with Gasteiger partial charge in [0, 0.05) is 12.7 Å². The van der Waals surface area contributed by atoms with Gasteiger partial charge in [0.25, 0.3) is 0 Å². The Morgan fingerprint density at radius 2 is 2.29 bits per heavy atom. The Morgan fingerprint density at radius 1 is 1.47 bits per heavy atom. The Hall–Kier alpha value is -0.160. The lowest BCUT2D eigenvalue weighted by molar-refractivity contribution is 0.142. The molecular formula is C12H17BrClN3. The SMILES string of the molecule is CNN1CCCCC[C@H]1c1cnc(Br)c(Cl)c1. The third-order valence-electron chi connectivity index (χ3n) is 3.24. The number of hydrogen-bond donors (Lipinski definition) is 1. The highest BCUT2D eigenvalue weighted by Gasteiger charge is 2.22. The molecule has 0 unspecified atom stereocenters. The van der Waals surface area contributed by atoms with Crippen LogP contribution in [0.2, 0.25) is 5.02 Å². The van der Waals surface area contributed by atoms with Gasteiger partial charge in [-0.2, -0.15) is 0 Å². The minimum absolute atomic E-state index is 0.376. The molecule has 1 aliphatic heterocycles. The van der Waals surface area contributed by atoms with Crippen LogP contribution in [-0.2, 0) is 0 Å². The van der Waals surface area contributed by atoms with Crippen molar-refractivity contribution in [1.82, 2.24) is 15.4 Å². The van der Waals surface area contributed by atoms with Gasteiger partial charge in [-0.05, 0) is 47.4 Å². The quantitative estimate of drug-likeness (QED) is 0.845. The molecule has 0 bridgehead atoms. The molecule has 0 aliphatic carbocycles. The first-order valence-electron chi connectivity index (χ1n) is 5.97. The van der Waals surface area contributed by atoms with Crippen molar-refractivity contribution >= 4 is 27.5 Å². The van der Waals surface area contributed by atoms with Gasteiger partial charge in [-0.25, -0.2) is 9.99 Å². The van der Waals surface area contributed by atoms with Crippen LogP contribution >= 0.6 is 27.5 Å². The summed E-state index contributed by atoms with van der Waals surface area (Å²) >= 11 is 9.45. The largest absolute Gasteiger partial charge is 0.258 e. The van der Waals surface area contributed by atoms with E-state index in [-0.39, 0.29) is 0 Å². The second-order valence-electron chi connectivity index (χ2n) is 4.32. The molecule has 5 heteroatoms. The average molecular weight is 319 g/mol. The number of rotatable bonds is 2. The first-order chi connectivity index (χ1) is 8.22. The molecule has 17 heavy (non-hydrogen) atoms. The Balaban J connectivity index is 2.25. The van der Waals surface area contributed by atoms with Gasteiger partial charge in [-0.15, -0.1) is 0 Å². The predicted molar refractivity (Wildman–Crippen MR) is 73.9 cm³/mol. The van der Waals surface area contributed by atoms with Gasteiger partial charge < -0.3 is 0 Å². The van der Waals surface area contributed by atoms with Crippen LogP contribution in [0.4, 0.5) is 0 Å². The third kappa shape index (κ3) is 3.19. The van der Waals surface area contributed by atoms with Crippen LogP contribution in [0.25, 0.3) is 0 Å². The average Bonchev–Trinajstić information content (AvgIpc) is 2.57. The molecule has 1 aromatic heterocycles. The first-order valence-corrected chi connectivity index (χ1v) is 7.14. The number of nitrogens with one attached hydrogen (secondary N) is 1. The Kier molecular flexibility index (Phi) is 4.79. The summed E-state index contributed by atoms with van der Waals surface area (Å²) in [5, 5.41) is 2.97. The molecule has 0 spiro atoms. The van der Waals surface area contributed by atoms with Gasteiger partial charge >= 0.3 is 0 Å². The normalized spacial score (nSPS) is 22.4.